The number of hydrogen-bond donors (Lipinski definition) is 3. The number of amides is 2. The Morgan fingerprint density at radius 1 is 1.08 bits per heavy atom. The van der Waals surface area contributed by atoms with Crippen LogP contribution < -0.4 is 16.6 Å². The molecule has 0 saturated carbocycles. The maximum absolute atomic E-state index is 13.3. The molecule has 2 aromatic heterocycles. The van der Waals surface area contributed by atoms with E-state index in [4.69, 9.17) is 10.2 Å². The van der Waals surface area contributed by atoms with E-state index in [9.17, 15) is 19.5 Å². The number of nitrogens with two attached hydrogens (primary N) is 1. The van der Waals surface area contributed by atoms with Crippen molar-refractivity contribution in [1.82, 2.24) is 4.98 Å². The number of anilines is 1. The maximum atomic E-state index is 13.3. The third-order valence-corrected chi connectivity index (χ3v) is 5.41. The van der Waals surface area contributed by atoms with E-state index in [0.717, 1.165) is 0 Å². The maximum Gasteiger partial charge on any atom is 0.337 e. The molecule has 4 rings (SSSR count). The van der Waals surface area contributed by atoms with Gasteiger partial charge in [-0.1, -0.05) is 0 Å². The van der Waals surface area contributed by atoms with Crippen LogP contribution in [0.15, 0.2) is 70.2 Å². The number of ether oxygens (including phenoxy) is 1. The Morgan fingerprint density at radius 3 is 2.36 bits per heavy atom. The number of carbonyl (C=O) groups is 3. The van der Waals surface area contributed by atoms with Gasteiger partial charge in [-0.25, -0.2) is 9.79 Å². The highest BCUT2D eigenvalue weighted by Crippen LogP contribution is 2.22. The highest BCUT2D eigenvalue weighted by molar-refractivity contribution is 6.06. The van der Waals surface area contributed by atoms with Gasteiger partial charge in [0, 0.05) is 28.4 Å². The molecule has 0 spiro atoms. The average Bonchev–Trinajstić information content (AvgIpc) is 2.89. The summed E-state index contributed by atoms with van der Waals surface area (Å²) in [6, 6.07) is 13.9. The fraction of sp³-hybridized carbons (Fsp3) is 0.115. The van der Waals surface area contributed by atoms with Crippen molar-refractivity contribution >= 4 is 40.1 Å². The molecular weight excluding hydrogens is 464 g/mol. The summed E-state index contributed by atoms with van der Waals surface area (Å²) in [4.78, 5) is 45.1. The van der Waals surface area contributed by atoms with Crippen LogP contribution in [0.25, 0.3) is 11.0 Å². The third kappa shape index (κ3) is 4.98. The number of esters is 1. The molecule has 0 radical (unpaired) electrons. The molecule has 0 aliphatic rings. The van der Waals surface area contributed by atoms with Gasteiger partial charge in [-0.05, 0) is 61.5 Å². The minimum Gasteiger partial charge on any atom is -0.465 e. The van der Waals surface area contributed by atoms with E-state index in [2.05, 4.69) is 20.0 Å². The van der Waals surface area contributed by atoms with Gasteiger partial charge in [-0.3, -0.25) is 14.6 Å². The van der Waals surface area contributed by atoms with E-state index >= 15 is 0 Å². The molecule has 2 heterocycles. The predicted octanol–water partition coefficient (Wildman–Crippen LogP) is 3.00. The second-order valence-electron chi connectivity index (χ2n) is 7.78. The van der Waals surface area contributed by atoms with Crippen molar-refractivity contribution in [1.29, 1.82) is 0 Å². The summed E-state index contributed by atoms with van der Waals surface area (Å²) in [5.41, 5.74) is 8.29. The number of aliphatic hydroxyl groups excluding tert-OH is 1. The second kappa shape index (κ2) is 10.2. The standard InChI is InChI=1S/C26H22N4O6/c1-14-22-20(17(13-31)12-28-14)11-21(24(33)29-18-9-5-16(6-10-18)26(34)35-2)25(36-22)30-19-7-3-15(4-8-19)23(27)32/h3-12,31H,13H2,1-2H3,(H2,27,32)(H,29,33). The van der Waals surface area contributed by atoms with Crippen LogP contribution in [-0.2, 0) is 11.3 Å². The van der Waals surface area contributed by atoms with E-state index in [0.29, 0.717) is 44.7 Å². The molecule has 0 fully saturated rings. The van der Waals surface area contributed by atoms with Crippen molar-refractivity contribution in [2.75, 3.05) is 12.4 Å². The summed E-state index contributed by atoms with van der Waals surface area (Å²) in [7, 11) is 1.28. The number of benzene rings is 2. The normalized spacial score (nSPS) is 11.4. The number of aliphatic hydroxyl groups is 1. The van der Waals surface area contributed by atoms with Crippen molar-refractivity contribution < 1.29 is 28.6 Å². The topological polar surface area (TPSA) is 157 Å². The predicted molar refractivity (Wildman–Crippen MR) is 131 cm³/mol. The molecule has 0 aliphatic heterocycles. The zero-order valence-corrected chi connectivity index (χ0v) is 19.4. The Morgan fingerprint density at radius 2 is 1.75 bits per heavy atom. The van der Waals surface area contributed by atoms with Gasteiger partial charge < -0.3 is 25.3 Å². The minimum absolute atomic E-state index is 0.00186. The van der Waals surface area contributed by atoms with Gasteiger partial charge in [-0.15, -0.1) is 0 Å². The number of rotatable bonds is 6. The lowest BCUT2D eigenvalue weighted by molar-refractivity contribution is 0.0600. The van der Waals surface area contributed by atoms with Gasteiger partial charge in [0.05, 0.1) is 30.7 Å². The van der Waals surface area contributed by atoms with Crippen LogP contribution in [0.5, 0.6) is 0 Å². The zero-order valence-electron chi connectivity index (χ0n) is 19.4. The number of carbonyl (C=O) groups excluding carboxylic acids is 3. The molecule has 0 bridgehead atoms. The van der Waals surface area contributed by atoms with Crippen molar-refractivity contribution in [3.63, 3.8) is 0 Å². The van der Waals surface area contributed by atoms with E-state index < -0.39 is 17.8 Å². The molecule has 36 heavy (non-hydrogen) atoms. The molecule has 10 heteroatoms. The summed E-state index contributed by atoms with van der Waals surface area (Å²) < 4.78 is 10.7. The molecule has 0 saturated heterocycles. The molecule has 4 N–H and O–H groups in total. The lowest BCUT2D eigenvalue weighted by Crippen LogP contribution is -2.22. The van der Waals surface area contributed by atoms with Crippen LogP contribution in [0.1, 0.15) is 42.3 Å². The van der Waals surface area contributed by atoms with E-state index in [-0.39, 0.29) is 17.7 Å². The number of fused-ring (bicyclic) bond motifs is 1. The Labute approximate surface area is 205 Å². The first-order valence-corrected chi connectivity index (χ1v) is 10.8. The number of pyridine rings is 1. The minimum atomic E-state index is -0.576. The Balaban J connectivity index is 1.82. The van der Waals surface area contributed by atoms with Crippen LogP contribution in [0.4, 0.5) is 11.4 Å². The smallest absolute Gasteiger partial charge is 0.337 e. The lowest BCUT2D eigenvalue weighted by Gasteiger charge is -2.10. The summed E-state index contributed by atoms with van der Waals surface area (Å²) in [6.07, 6.45) is 1.51. The summed E-state index contributed by atoms with van der Waals surface area (Å²) >= 11 is 0. The molecule has 2 amide bonds. The number of aromatic nitrogens is 1. The van der Waals surface area contributed by atoms with Crippen molar-refractivity contribution in [3.8, 4) is 0 Å². The molecular formula is C26H22N4O6. The van der Waals surface area contributed by atoms with Gasteiger partial charge in [0.15, 0.2) is 5.58 Å². The van der Waals surface area contributed by atoms with Crippen molar-refractivity contribution in [2.24, 2.45) is 10.7 Å². The van der Waals surface area contributed by atoms with Gasteiger partial charge in [-0.2, -0.15) is 0 Å². The van der Waals surface area contributed by atoms with Gasteiger partial charge in [0.2, 0.25) is 11.5 Å². The van der Waals surface area contributed by atoms with Gasteiger partial charge >= 0.3 is 5.97 Å². The summed E-state index contributed by atoms with van der Waals surface area (Å²) in [5, 5.41) is 13.0. The number of nitrogens with one attached hydrogen (secondary N) is 1. The quantitative estimate of drug-likeness (QED) is 0.354. The molecule has 4 aromatic rings. The van der Waals surface area contributed by atoms with Crippen LogP contribution >= 0.6 is 0 Å². The number of hydrogen-bond acceptors (Lipinski definition) is 8. The van der Waals surface area contributed by atoms with E-state index in [1.165, 1.54) is 37.6 Å². The molecule has 182 valence electrons. The first kappa shape index (κ1) is 24.3. The fourth-order valence-corrected chi connectivity index (χ4v) is 3.48. The monoisotopic (exact) mass is 486 g/mol. The first-order valence-electron chi connectivity index (χ1n) is 10.8. The molecule has 2 aromatic carbocycles. The lowest BCUT2D eigenvalue weighted by atomic mass is 10.1. The van der Waals surface area contributed by atoms with Crippen LogP contribution in [0.3, 0.4) is 0 Å². The average molecular weight is 486 g/mol. The molecule has 0 atom stereocenters. The summed E-state index contributed by atoms with van der Waals surface area (Å²) in [5.74, 6) is -1.60. The van der Waals surface area contributed by atoms with Gasteiger partial charge in [0.25, 0.3) is 5.91 Å². The summed E-state index contributed by atoms with van der Waals surface area (Å²) in [6.45, 7) is 1.43. The third-order valence-electron chi connectivity index (χ3n) is 5.41. The highest BCUT2D eigenvalue weighted by Gasteiger charge is 2.17. The van der Waals surface area contributed by atoms with Gasteiger partial charge in [0.1, 0.15) is 5.56 Å². The fourth-order valence-electron chi connectivity index (χ4n) is 3.48. The van der Waals surface area contributed by atoms with Crippen molar-refractivity contribution in [3.05, 3.63) is 94.3 Å². The second-order valence-corrected chi connectivity index (χ2v) is 7.78. The molecule has 10 nitrogen and oxygen atoms in total. The van der Waals surface area contributed by atoms with Crippen LogP contribution in [0.2, 0.25) is 0 Å². The number of methoxy groups -OCH3 is 1. The van der Waals surface area contributed by atoms with E-state index in [1.54, 1.807) is 37.3 Å². The Hall–Kier alpha value is -4.83. The number of aryl methyl sites for hydroxylation is 1. The molecule has 0 aliphatic carbocycles. The number of nitrogens with zero attached hydrogens (tertiary/aromatic N) is 2. The zero-order chi connectivity index (χ0) is 25.8. The Bertz CT molecular complexity index is 1540. The SMILES string of the molecule is COC(=O)c1ccc(NC(=O)c2cc3c(CO)cnc(C)c3oc2=Nc2ccc(C(N)=O)cc2)cc1. The van der Waals surface area contributed by atoms with Crippen molar-refractivity contribution in [2.45, 2.75) is 13.5 Å². The first-order chi connectivity index (χ1) is 17.3. The largest absolute Gasteiger partial charge is 0.465 e. The highest BCUT2D eigenvalue weighted by atomic mass is 16.5. The molecule has 0 unspecified atom stereocenters. The van der Waals surface area contributed by atoms with Crippen LogP contribution in [0, 0.1) is 6.92 Å². The van der Waals surface area contributed by atoms with Crippen LogP contribution in [-0.4, -0.2) is 35.0 Å². The Kier molecular flexibility index (Phi) is 6.88. The van der Waals surface area contributed by atoms with E-state index in [1.807, 2.05) is 0 Å². The number of primary amides is 1.